The third kappa shape index (κ3) is 2.33. The van der Waals surface area contributed by atoms with Crippen molar-refractivity contribution in [2.24, 2.45) is 0 Å². The summed E-state index contributed by atoms with van der Waals surface area (Å²) in [5, 5.41) is 3.98. The lowest BCUT2D eigenvalue weighted by molar-refractivity contribution is 0.432. The fourth-order valence-electron chi connectivity index (χ4n) is 1.96. The van der Waals surface area contributed by atoms with Crippen molar-refractivity contribution in [3.63, 3.8) is 0 Å². The Bertz CT molecular complexity index is 727. The largest absolute Gasteiger partial charge is 0.399 e. The van der Waals surface area contributed by atoms with E-state index in [-0.39, 0.29) is 0 Å². The van der Waals surface area contributed by atoms with Crippen molar-refractivity contribution in [3.8, 4) is 22.8 Å². The molecule has 0 unspecified atom stereocenters. The molecule has 0 bridgehead atoms. The second-order valence-corrected chi connectivity index (χ2v) is 4.68. The molecule has 0 saturated carbocycles. The average molecular weight is 266 g/mol. The molecule has 3 rings (SSSR count). The highest BCUT2D eigenvalue weighted by atomic mass is 16.5. The summed E-state index contributed by atoms with van der Waals surface area (Å²) in [5.74, 6) is 0.945. The molecular formula is C15H14N4O. The zero-order valence-electron chi connectivity index (χ0n) is 11.0. The van der Waals surface area contributed by atoms with Gasteiger partial charge in [0.2, 0.25) is 5.82 Å². The monoisotopic (exact) mass is 266 g/mol. The molecule has 20 heavy (non-hydrogen) atoms. The molecule has 5 nitrogen and oxygen atoms in total. The van der Waals surface area contributed by atoms with Crippen LogP contribution < -0.4 is 11.5 Å². The predicted molar refractivity (Wildman–Crippen MR) is 78.7 cm³/mol. The van der Waals surface area contributed by atoms with Crippen LogP contribution in [0.2, 0.25) is 0 Å². The van der Waals surface area contributed by atoms with Crippen molar-refractivity contribution in [1.82, 2.24) is 10.1 Å². The van der Waals surface area contributed by atoms with Crippen LogP contribution in [0.3, 0.4) is 0 Å². The highest BCUT2D eigenvalue weighted by Gasteiger charge is 2.11. The number of aromatic nitrogens is 2. The Balaban J connectivity index is 1.99. The minimum Gasteiger partial charge on any atom is -0.399 e. The SMILES string of the molecule is Cc1ccc(-c2noc(-c3cc(N)cc(N)c3)n2)cc1. The molecule has 0 radical (unpaired) electrons. The molecule has 2 aromatic carbocycles. The van der Waals surface area contributed by atoms with E-state index in [1.165, 1.54) is 5.56 Å². The Kier molecular flexibility index (Phi) is 2.87. The smallest absolute Gasteiger partial charge is 0.258 e. The number of aryl methyl sites for hydroxylation is 1. The second-order valence-electron chi connectivity index (χ2n) is 4.68. The normalized spacial score (nSPS) is 10.7. The van der Waals surface area contributed by atoms with E-state index in [0.717, 1.165) is 5.56 Å². The van der Waals surface area contributed by atoms with Gasteiger partial charge in [0.05, 0.1) is 0 Å². The molecule has 0 aliphatic carbocycles. The van der Waals surface area contributed by atoms with Crippen molar-refractivity contribution < 1.29 is 4.52 Å². The van der Waals surface area contributed by atoms with E-state index in [9.17, 15) is 0 Å². The number of rotatable bonds is 2. The van der Waals surface area contributed by atoms with Gasteiger partial charge in [0.25, 0.3) is 5.89 Å². The lowest BCUT2D eigenvalue weighted by atomic mass is 10.1. The van der Waals surface area contributed by atoms with E-state index in [2.05, 4.69) is 10.1 Å². The van der Waals surface area contributed by atoms with Gasteiger partial charge in [0.15, 0.2) is 0 Å². The summed E-state index contributed by atoms with van der Waals surface area (Å²) in [6, 6.07) is 13.1. The Morgan fingerprint density at radius 1 is 0.900 bits per heavy atom. The molecule has 0 atom stereocenters. The van der Waals surface area contributed by atoms with Gasteiger partial charge in [0, 0.05) is 22.5 Å². The summed E-state index contributed by atoms with van der Waals surface area (Å²) in [6.07, 6.45) is 0. The van der Waals surface area contributed by atoms with Gasteiger partial charge < -0.3 is 16.0 Å². The zero-order valence-corrected chi connectivity index (χ0v) is 11.0. The molecule has 1 heterocycles. The van der Waals surface area contributed by atoms with Gasteiger partial charge in [-0.3, -0.25) is 0 Å². The average Bonchev–Trinajstić information content (AvgIpc) is 2.88. The van der Waals surface area contributed by atoms with Crippen LogP contribution in [0.15, 0.2) is 47.0 Å². The fourth-order valence-corrected chi connectivity index (χ4v) is 1.96. The van der Waals surface area contributed by atoms with Crippen molar-refractivity contribution in [2.45, 2.75) is 6.92 Å². The maximum atomic E-state index is 5.76. The number of hydrogen-bond acceptors (Lipinski definition) is 5. The van der Waals surface area contributed by atoms with Crippen molar-refractivity contribution in [1.29, 1.82) is 0 Å². The lowest BCUT2D eigenvalue weighted by Gasteiger charge is -1.99. The highest BCUT2D eigenvalue weighted by molar-refractivity contribution is 5.68. The Morgan fingerprint density at radius 3 is 2.20 bits per heavy atom. The van der Waals surface area contributed by atoms with Crippen molar-refractivity contribution >= 4 is 11.4 Å². The zero-order chi connectivity index (χ0) is 14.1. The van der Waals surface area contributed by atoms with E-state index in [0.29, 0.717) is 28.7 Å². The lowest BCUT2D eigenvalue weighted by Crippen LogP contribution is -1.91. The van der Waals surface area contributed by atoms with Gasteiger partial charge >= 0.3 is 0 Å². The molecule has 100 valence electrons. The summed E-state index contributed by atoms with van der Waals surface area (Å²) in [5.41, 5.74) is 15.5. The number of nitrogens with two attached hydrogens (primary N) is 2. The number of nitrogens with zero attached hydrogens (tertiary/aromatic N) is 2. The maximum absolute atomic E-state index is 5.76. The minimum atomic E-state index is 0.402. The first-order valence-corrected chi connectivity index (χ1v) is 6.19. The van der Waals surface area contributed by atoms with Gasteiger partial charge in [0.1, 0.15) is 0 Å². The molecule has 0 aliphatic rings. The molecule has 0 amide bonds. The topological polar surface area (TPSA) is 91.0 Å². The van der Waals surface area contributed by atoms with E-state index in [1.54, 1.807) is 18.2 Å². The molecule has 0 spiro atoms. The van der Waals surface area contributed by atoms with Crippen LogP contribution in [0.4, 0.5) is 11.4 Å². The second kappa shape index (κ2) is 4.70. The van der Waals surface area contributed by atoms with Crippen LogP contribution in [0.25, 0.3) is 22.8 Å². The first kappa shape index (κ1) is 12.2. The predicted octanol–water partition coefficient (Wildman–Crippen LogP) is 2.88. The molecule has 3 aromatic rings. The van der Waals surface area contributed by atoms with Crippen LogP contribution in [0, 0.1) is 6.92 Å². The molecular weight excluding hydrogens is 252 g/mol. The van der Waals surface area contributed by atoms with E-state index in [1.807, 2.05) is 31.2 Å². The van der Waals surface area contributed by atoms with Gasteiger partial charge in [-0.1, -0.05) is 35.0 Å². The van der Waals surface area contributed by atoms with Crippen LogP contribution in [0.1, 0.15) is 5.56 Å². The van der Waals surface area contributed by atoms with Gasteiger partial charge in [-0.05, 0) is 25.1 Å². The molecule has 4 N–H and O–H groups in total. The summed E-state index contributed by atoms with van der Waals surface area (Å²) in [7, 11) is 0. The summed E-state index contributed by atoms with van der Waals surface area (Å²) < 4.78 is 5.27. The molecule has 0 saturated heterocycles. The first-order chi connectivity index (χ1) is 9.61. The van der Waals surface area contributed by atoms with Crippen LogP contribution in [0.5, 0.6) is 0 Å². The molecule has 5 heteroatoms. The van der Waals surface area contributed by atoms with Gasteiger partial charge in [-0.25, -0.2) is 0 Å². The highest BCUT2D eigenvalue weighted by Crippen LogP contribution is 2.25. The quantitative estimate of drug-likeness (QED) is 0.696. The number of benzene rings is 2. The molecule has 1 aromatic heterocycles. The Labute approximate surface area is 116 Å². The molecule has 0 fully saturated rings. The number of hydrogen-bond donors (Lipinski definition) is 2. The third-order valence-electron chi connectivity index (χ3n) is 2.96. The van der Waals surface area contributed by atoms with Crippen LogP contribution in [-0.4, -0.2) is 10.1 Å². The van der Waals surface area contributed by atoms with E-state index >= 15 is 0 Å². The van der Waals surface area contributed by atoms with Crippen molar-refractivity contribution in [3.05, 3.63) is 48.0 Å². The van der Waals surface area contributed by atoms with Gasteiger partial charge in [-0.15, -0.1) is 0 Å². The summed E-state index contributed by atoms with van der Waals surface area (Å²) in [4.78, 5) is 4.37. The van der Waals surface area contributed by atoms with Crippen LogP contribution in [-0.2, 0) is 0 Å². The maximum Gasteiger partial charge on any atom is 0.258 e. The van der Waals surface area contributed by atoms with Gasteiger partial charge in [-0.2, -0.15) is 4.98 Å². The number of anilines is 2. The Morgan fingerprint density at radius 2 is 1.55 bits per heavy atom. The summed E-state index contributed by atoms with van der Waals surface area (Å²) in [6.45, 7) is 2.03. The number of nitrogen functional groups attached to an aromatic ring is 2. The van der Waals surface area contributed by atoms with E-state index in [4.69, 9.17) is 16.0 Å². The molecule has 0 aliphatic heterocycles. The van der Waals surface area contributed by atoms with Crippen molar-refractivity contribution in [2.75, 3.05) is 11.5 Å². The third-order valence-corrected chi connectivity index (χ3v) is 2.96. The Hall–Kier alpha value is -2.82. The minimum absolute atomic E-state index is 0.402. The standard InChI is InChI=1S/C15H14N4O/c1-9-2-4-10(5-3-9)14-18-15(20-19-14)11-6-12(16)8-13(17)7-11/h2-8H,16-17H2,1H3. The fraction of sp³-hybridized carbons (Fsp3) is 0.0667. The first-order valence-electron chi connectivity index (χ1n) is 6.19. The van der Waals surface area contributed by atoms with Crippen LogP contribution >= 0.6 is 0 Å². The summed E-state index contributed by atoms with van der Waals surface area (Å²) >= 11 is 0. The van der Waals surface area contributed by atoms with E-state index < -0.39 is 0 Å².